The summed E-state index contributed by atoms with van der Waals surface area (Å²) in [6.45, 7) is 5.95. The number of anilines is 1. The lowest BCUT2D eigenvalue weighted by molar-refractivity contribution is -0.123. The van der Waals surface area contributed by atoms with Crippen LogP contribution in [-0.2, 0) is 4.79 Å². The van der Waals surface area contributed by atoms with Gasteiger partial charge in [0.1, 0.15) is 5.82 Å². The fraction of sp³-hybridized carbons (Fsp3) is 0.417. The van der Waals surface area contributed by atoms with Crippen LogP contribution < -0.4 is 5.32 Å². The van der Waals surface area contributed by atoms with Crippen LogP contribution in [0.2, 0.25) is 0 Å². The maximum absolute atomic E-state index is 13.8. The van der Waals surface area contributed by atoms with Crippen molar-refractivity contribution in [1.29, 1.82) is 0 Å². The first-order chi connectivity index (χ1) is 7.78. The first-order valence-corrected chi connectivity index (χ1v) is 6.11. The molecule has 0 aromatic heterocycles. The summed E-state index contributed by atoms with van der Waals surface area (Å²) < 4.78 is 13.7. The number of carbonyl (C=O) groups is 1. The van der Waals surface area contributed by atoms with E-state index >= 15 is 0 Å². The molecule has 0 fully saturated rings. The van der Waals surface area contributed by atoms with E-state index in [1.807, 2.05) is 20.8 Å². The summed E-state index contributed by atoms with van der Waals surface area (Å²) >= 11 is 1.39. The number of benzene rings is 1. The smallest absolute Gasteiger partial charge is 0.257 e. The van der Waals surface area contributed by atoms with Gasteiger partial charge in [0.05, 0.1) is 0 Å². The Morgan fingerprint density at radius 2 is 2.06 bits per heavy atom. The quantitative estimate of drug-likeness (QED) is 0.759. The van der Waals surface area contributed by atoms with E-state index in [1.54, 1.807) is 6.07 Å². The molecule has 1 unspecified atom stereocenters. The molecule has 0 saturated heterocycles. The second-order valence-corrected chi connectivity index (χ2v) is 6.84. The highest BCUT2D eigenvalue weighted by Crippen LogP contribution is 2.39. The van der Waals surface area contributed by atoms with Crippen molar-refractivity contribution in [2.24, 2.45) is 0 Å². The number of nitrogens with one attached hydrogen (secondary N) is 1. The third-order valence-corrected chi connectivity index (χ3v) is 3.47. The van der Waals surface area contributed by atoms with Gasteiger partial charge in [0, 0.05) is 20.9 Å². The zero-order valence-corrected chi connectivity index (χ0v) is 10.7. The molecular weight excluding hydrogens is 241 g/mol. The molecule has 1 amide bonds. The number of hydrogen-bond acceptors (Lipinski definition) is 3. The molecule has 92 valence electrons. The molecule has 17 heavy (non-hydrogen) atoms. The highest BCUT2D eigenvalue weighted by Gasteiger charge is 2.30. The number of thioether (sulfide) groups is 1. The average molecular weight is 255 g/mol. The third-order valence-electron chi connectivity index (χ3n) is 2.32. The molecule has 1 aromatic rings. The molecule has 5 heteroatoms. The Morgan fingerprint density at radius 3 is 2.65 bits per heavy atom. The normalized spacial score (nSPS) is 19.1. The Labute approximate surface area is 103 Å². The summed E-state index contributed by atoms with van der Waals surface area (Å²) in [7, 11) is 0. The van der Waals surface area contributed by atoms with E-state index in [0.29, 0.717) is 16.1 Å². The van der Waals surface area contributed by atoms with Crippen LogP contribution in [0, 0.1) is 5.82 Å². The summed E-state index contributed by atoms with van der Waals surface area (Å²) in [5.74, 6) is -0.906. The van der Waals surface area contributed by atoms with Crippen molar-refractivity contribution in [3.05, 3.63) is 23.5 Å². The Morgan fingerprint density at radius 1 is 1.41 bits per heavy atom. The van der Waals surface area contributed by atoms with Gasteiger partial charge in [-0.2, -0.15) is 0 Å². The highest BCUT2D eigenvalue weighted by molar-refractivity contribution is 8.00. The van der Waals surface area contributed by atoms with Crippen molar-refractivity contribution in [1.82, 2.24) is 0 Å². The molecule has 0 bridgehead atoms. The third kappa shape index (κ3) is 2.45. The van der Waals surface area contributed by atoms with E-state index in [4.69, 9.17) is 0 Å². The van der Waals surface area contributed by atoms with Crippen LogP contribution in [0.1, 0.15) is 32.4 Å². The van der Waals surface area contributed by atoms with Gasteiger partial charge in [-0.05, 0) is 12.1 Å². The van der Waals surface area contributed by atoms with Crippen LogP contribution in [0.3, 0.4) is 0 Å². The number of amides is 1. The minimum absolute atomic E-state index is 0.115. The molecule has 1 atom stereocenters. The van der Waals surface area contributed by atoms with Crippen LogP contribution in [0.5, 0.6) is 0 Å². The fourth-order valence-electron chi connectivity index (χ4n) is 1.65. The van der Waals surface area contributed by atoms with Gasteiger partial charge in [-0.1, -0.05) is 20.8 Å². The Kier molecular flexibility index (Phi) is 2.91. The number of aliphatic hydroxyl groups is 1. The molecule has 1 aliphatic rings. The van der Waals surface area contributed by atoms with Crippen molar-refractivity contribution < 1.29 is 14.3 Å². The molecule has 3 nitrogen and oxygen atoms in total. The predicted molar refractivity (Wildman–Crippen MR) is 65.6 cm³/mol. The number of carbonyl (C=O) groups excluding carboxylic acids is 1. The maximum Gasteiger partial charge on any atom is 0.257 e. The van der Waals surface area contributed by atoms with E-state index in [2.05, 4.69) is 5.32 Å². The van der Waals surface area contributed by atoms with Gasteiger partial charge in [0.15, 0.2) is 6.10 Å². The minimum Gasteiger partial charge on any atom is -0.378 e. The number of aliphatic hydroxyl groups excluding tert-OH is 1. The molecule has 0 aliphatic carbocycles. The van der Waals surface area contributed by atoms with E-state index in [0.717, 1.165) is 0 Å². The second-order valence-electron chi connectivity index (χ2n) is 4.98. The van der Waals surface area contributed by atoms with Gasteiger partial charge in [-0.25, -0.2) is 4.39 Å². The lowest BCUT2D eigenvalue weighted by Crippen LogP contribution is -2.10. The number of halogens is 1. The number of rotatable bonds is 1. The van der Waals surface area contributed by atoms with Gasteiger partial charge >= 0.3 is 0 Å². The topological polar surface area (TPSA) is 49.3 Å². The molecule has 1 aromatic carbocycles. The molecule has 0 spiro atoms. The summed E-state index contributed by atoms with van der Waals surface area (Å²) in [6.07, 6.45) is -1.26. The fourth-order valence-corrected chi connectivity index (χ4v) is 2.65. The summed E-state index contributed by atoms with van der Waals surface area (Å²) in [4.78, 5) is 11.7. The predicted octanol–water partition coefficient (Wildman–Crippen LogP) is 2.70. The van der Waals surface area contributed by atoms with Crippen LogP contribution >= 0.6 is 11.8 Å². The molecule has 1 heterocycles. The van der Waals surface area contributed by atoms with Crippen LogP contribution in [0.25, 0.3) is 0 Å². The lowest BCUT2D eigenvalue weighted by atomic mass is 10.1. The average Bonchev–Trinajstić information content (AvgIpc) is 2.43. The van der Waals surface area contributed by atoms with Crippen LogP contribution in [0.4, 0.5) is 10.1 Å². The molecule has 2 N–H and O–H groups in total. The summed E-state index contributed by atoms with van der Waals surface area (Å²) in [5.41, 5.74) is 0.807. The standard InChI is InChI=1S/C12H14FNO2S/c1-12(2,3)17-9-5-8-6(4-7(9)13)10(15)11(16)14-8/h4-5,10,15H,1-3H3,(H,14,16). The zero-order chi connectivity index (χ0) is 12.8. The first kappa shape index (κ1) is 12.4. The molecule has 0 saturated carbocycles. The molecular formula is C12H14FNO2S. The number of hydrogen-bond donors (Lipinski definition) is 2. The molecule has 2 rings (SSSR count). The highest BCUT2D eigenvalue weighted by atomic mass is 32.2. The maximum atomic E-state index is 13.8. The van der Waals surface area contributed by atoms with Gasteiger partial charge in [-0.3, -0.25) is 4.79 Å². The largest absolute Gasteiger partial charge is 0.378 e. The Balaban J connectivity index is 2.40. The van der Waals surface area contributed by atoms with Crippen LogP contribution in [-0.4, -0.2) is 15.8 Å². The Bertz CT molecular complexity index is 482. The van der Waals surface area contributed by atoms with Crippen molar-refractivity contribution >= 4 is 23.4 Å². The first-order valence-electron chi connectivity index (χ1n) is 5.29. The molecule has 0 radical (unpaired) electrons. The number of fused-ring (bicyclic) bond motifs is 1. The van der Waals surface area contributed by atoms with E-state index in [-0.39, 0.29) is 4.75 Å². The van der Waals surface area contributed by atoms with Crippen molar-refractivity contribution in [3.8, 4) is 0 Å². The second kappa shape index (κ2) is 3.99. The monoisotopic (exact) mass is 255 g/mol. The van der Waals surface area contributed by atoms with Gasteiger partial charge in [0.25, 0.3) is 5.91 Å². The van der Waals surface area contributed by atoms with E-state index < -0.39 is 17.8 Å². The van der Waals surface area contributed by atoms with Gasteiger partial charge < -0.3 is 10.4 Å². The van der Waals surface area contributed by atoms with Crippen molar-refractivity contribution in [3.63, 3.8) is 0 Å². The SMILES string of the molecule is CC(C)(C)Sc1cc2c(cc1F)C(O)C(=O)N2. The van der Waals surface area contributed by atoms with Gasteiger partial charge in [0.2, 0.25) is 0 Å². The van der Waals surface area contributed by atoms with E-state index in [1.165, 1.54) is 17.8 Å². The minimum atomic E-state index is -1.26. The van der Waals surface area contributed by atoms with E-state index in [9.17, 15) is 14.3 Å². The van der Waals surface area contributed by atoms with Gasteiger partial charge in [-0.15, -0.1) is 11.8 Å². The summed E-state index contributed by atoms with van der Waals surface area (Å²) in [5, 5.41) is 12.0. The van der Waals surface area contributed by atoms with Crippen LogP contribution in [0.15, 0.2) is 17.0 Å². The zero-order valence-electron chi connectivity index (χ0n) is 9.87. The van der Waals surface area contributed by atoms with Crippen molar-refractivity contribution in [2.45, 2.75) is 36.5 Å². The Hall–Kier alpha value is -1.07. The molecule has 1 aliphatic heterocycles. The summed E-state index contributed by atoms with van der Waals surface area (Å²) in [6, 6.07) is 2.81. The van der Waals surface area contributed by atoms with Crippen molar-refractivity contribution in [2.75, 3.05) is 5.32 Å². The lowest BCUT2D eigenvalue weighted by Gasteiger charge is -2.18.